The highest BCUT2D eigenvalue weighted by Crippen LogP contribution is 1.82. The third-order valence-electron chi connectivity index (χ3n) is 0.748. The van der Waals surface area contributed by atoms with Gasteiger partial charge < -0.3 is 15.9 Å². The van der Waals surface area contributed by atoms with Gasteiger partial charge in [-0.25, -0.2) is 0 Å². The van der Waals surface area contributed by atoms with Crippen molar-refractivity contribution in [1.82, 2.24) is 0 Å². The highest BCUT2D eigenvalue weighted by Gasteiger charge is 1.97. The van der Waals surface area contributed by atoms with Gasteiger partial charge in [0.15, 0.2) is 0 Å². The van der Waals surface area contributed by atoms with Crippen molar-refractivity contribution >= 4 is 0 Å². The molecule has 0 amide bonds. The molecule has 0 aromatic heterocycles. The molecule has 5 N–H and O–H groups in total. The number of aliphatic hydroxyl groups is 2. The highest BCUT2D eigenvalue weighted by molar-refractivity contribution is 4.47. The average Bonchev–Trinajstić information content (AvgIpc) is 1.68. The van der Waals surface area contributed by atoms with Crippen molar-refractivity contribution in [1.29, 1.82) is 0 Å². The van der Waals surface area contributed by atoms with Gasteiger partial charge in [-0.2, -0.15) is 0 Å². The van der Waals surface area contributed by atoms with E-state index in [-0.39, 0.29) is 6.61 Å². The largest absolute Gasteiger partial charge is 0.394 e. The lowest BCUT2D eigenvalue weighted by Crippen LogP contribution is -2.51. The van der Waals surface area contributed by atoms with Crippen LogP contribution in [0.5, 0.6) is 0 Å². The second-order valence-corrected chi connectivity index (χ2v) is 1.48. The summed E-state index contributed by atoms with van der Waals surface area (Å²) >= 11 is 0. The fourth-order valence-electron chi connectivity index (χ4n) is 0.327. The fourth-order valence-corrected chi connectivity index (χ4v) is 0.327. The maximum atomic E-state index is 8.57. The first-order valence-electron chi connectivity index (χ1n) is 2.39. The predicted octanol–water partition coefficient (Wildman–Crippen LogP) is -2.03. The van der Waals surface area contributed by atoms with Crippen LogP contribution in [0.3, 0.4) is 0 Å². The average molecular weight is 106 g/mol. The molecule has 1 atom stereocenters. The SMILES string of the molecule is [NH3+]CCC(O)CO. The Kier molecular flexibility index (Phi) is 3.98. The molecule has 0 aliphatic rings. The van der Waals surface area contributed by atoms with Crippen LogP contribution in [0.4, 0.5) is 0 Å². The number of hydrogen-bond acceptors (Lipinski definition) is 2. The molecule has 7 heavy (non-hydrogen) atoms. The van der Waals surface area contributed by atoms with E-state index in [1.165, 1.54) is 0 Å². The van der Waals surface area contributed by atoms with Crippen LogP contribution in [0.2, 0.25) is 0 Å². The van der Waals surface area contributed by atoms with Crippen molar-refractivity contribution in [3.63, 3.8) is 0 Å². The predicted molar refractivity (Wildman–Crippen MR) is 25.5 cm³/mol. The van der Waals surface area contributed by atoms with E-state index in [4.69, 9.17) is 10.2 Å². The van der Waals surface area contributed by atoms with E-state index in [9.17, 15) is 0 Å². The van der Waals surface area contributed by atoms with Gasteiger partial charge in [0, 0.05) is 6.42 Å². The molecule has 0 rings (SSSR count). The van der Waals surface area contributed by atoms with Gasteiger partial charge in [-0.3, -0.25) is 0 Å². The monoisotopic (exact) mass is 106 g/mol. The molecule has 44 valence electrons. The van der Waals surface area contributed by atoms with Gasteiger partial charge in [-0.1, -0.05) is 0 Å². The lowest BCUT2D eigenvalue weighted by Gasteiger charge is -1.99. The van der Waals surface area contributed by atoms with Crippen LogP contribution in [0.25, 0.3) is 0 Å². The van der Waals surface area contributed by atoms with E-state index < -0.39 is 6.10 Å². The van der Waals surface area contributed by atoms with Crippen molar-refractivity contribution < 1.29 is 15.9 Å². The Balaban J connectivity index is 2.83. The summed E-state index contributed by atoms with van der Waals surface area (Å²) in [5.41, 5.74) is 3.50. The van der Waals surface area contributed by atoms with E-state index in [1.54, 1.807) is 0 Å². The number of quaternary nitrogens is 1. The molecule has 0 aliphatic heterocycles. The summed E-state index contributed by atoms with van der Waals surface area (Å²) in [7, 11) is 0. The van der Waals surface area contributed by atoms with Gasteiger partial charge in [-0.15, -0.1) is 0 Å². The Bertz CT molecular complexity index is 40.7. The zero-order valence-electron chi connectivity index (χ0n) is 4.30. The molecular formula is C4H12NO2+. The van der Waals surface area contributed by atoms with Crippen LogP contribution in [-0.2, 0) is 0 Å². The number of rotatable bonds is 3. The van der Waals surface area contributed by atoms with E-state index in [0.717, 1.165) is 0 Å². The van der Waals surface area contributed by atoms with Crippen LogP contribution in [0, 0.1) is 0 Å². The molecule has 0 aromatic rings. The first-order chi connectivity index (χ1) is 3.31. The maximum absolute atomic E-state index is 8.57. The molecule has 3 heteroatoms. The van der Waals surface area contributed by atoms with Crippen LogP contribution >= 0.6 is 0 Å². The van der Waals surface area contributed by atoms with E-state index in [0.29, 0.717) is 13.0 Å². The Morgan fingerprint density at radius 2 is 2.14 bits per heavy atom. The van der Waals surface area contributed by atoms with E-state index >= 15 is 0 Å². The molecule has 1 unspecified atom stereocenters. The minimum absolute atomic E-state index is 0.143. The summed E-state index contributed by atoms with van der Waals surface area (Å²) in [6.07, 6.45) is 0.0359. The molecule has 3 nitrogen and oxygen atoms in total. The molecule has 0 fully saturated rings. The zero-order valence-corrected chi connectivity index (χ0v) is 4.30. The molecular weight excluding hydrogens is 94.0 g/mol. The standard InChI is InChI=1S/C4H11NO2/c5-2-1-4(7)3-6/h4,6-7H,1-3,5H2/p+1. The van der Waals surface area contributed by atoms with Crippen LogP contribution in [-0.4, -0.2) is 29.5 Å². The molecule has 0 aliphatic carbocycles. The van der Waals surface area contributed by atoms with Gasteiger partial charge in [0.25, 0.3) is 0 Å². The summed E-state index contributed by atoms with van der Waals surface area (Å²) in [5.74, 6) is 0. The van der Waals surface area contributed by atoms with Gasteiger partial charge in [0.05, 0.1) is 19.3 Å². The lowest BCUT2D eigenvalue weighted by atomic mass is 10.3. The number of hydrogen-bond donors (Lipinski definition) is 3. The molecule has 0 aromatic carbocycles. The van der Waals surface area contributed by atoms with Gasteiger partial charge in [-0.05, 0) is 0 Å². The number of aliphatic hydroxyl groups excluding tert-OH is 2. The third-order valence-corrected chi connectivity index (χ3v) is 0.748. The first kappa shape index (κ1) is 6.88. The molecule has 0 bridgehead atoms. The summed E-state index contributed by atoms with van der Waals surface area (Å²) in [6, 6.07) is 0. The van der Waals surface area contributed by atoms with Gasteiger partial charge in [0.1, 0.15) is 0 Å². The second-order valence-electron chi connectivity index (χ2n) is 1.48. The van der Waals surface area contributed by atoms with Crippen molar-refractivity contribution in [2.24, 2.45) is 0 Å². The first-order valence-corrected chi connectivity index (χ1v) is 2.39. The van der Waals surface area contributed by atoms with Gasteiger partial charge in [0.2, 0.25) is 0 Å². The Morgan fingerprint density at radius 1 is 1.57 bits per heavy atom. The maximum Gasteiger partial charge on any atom is 0.0824 e. The summed E-state index contributed by atoms with van der Waals surface area (Å²) in [5, 5.41) is 16.8. The lowest BCUT2D eigenvalue weighted by molar-refractivity contribution is -0.371. The topological polar surface area (TPSA) is 68.1 Å². The van der Waals surface area contributed by atoms with Crippen LogP contribution < -0.4 is 5.73 Å². The van der Waals surface area contributed by atoms with Crippen molar-refractivity contribution in [2.75, 3.05) is 13.2 Å². The zero-order chi connectivity index (χ0) is 5.70. The molecule has 0 saturated carbocycles. The Labute approximate surface area is 42.8 Å². The summed E-state index contributed by atoms with van der Waals surface area (Å²) < 4.78 is 0. The molecule has 0 heterocycles. The minimum Gasteiger partial charge on any atom is -0.394 e. The van der Waals surface area contributed by atoms with Crippen molar-refractivity contribution in [2.45, 2.75) is 12.5 Å². The smallest absolute Gasteiger partial charge is 0.0824 e. The Hall–Kier alpha value is -0.120. The molecule has 0 spiro atoms. The summed E-state index contributed by atoms with van der Waals surface area (Å²) in [4.78, 5) is 0. The quantitative estimate of drug-likeness (QED) is 0.388. The van der Waals surface area contributed by atoms with Crippen molar-refractivity contribution in [3.8, 4) is 0 Å². The minimum atomic E-state index is -0.558. The van der Waals surface area contributed by atoms with E-state index in [2.05, 4.69) is 5.73 Å². The highest BCUT2D eigenvalue weighted by atomic mass is 16.3. The van der Waals surface area contributed by atoms with Crippen LogP contribution in [0.15, 0.2) is 0 Å². The third kappa shape index (κ3) is 3.72. The Morgan fingerprint density at radius 3 is 2.29 bits per heavy atom. The van der Waals surface area contributed by atoms with Crippen molar-refractivity contribution in [3.05, 3.63) is 0 Å². The molecule has 0 radical (unpaired) electrons. The van der Waals surface area contributed by atoms with E-state index in [1.807, 2.05) is 0 Å². The van der Waals surface area contributed by atoms with Crippen LogP contribution in [0.1, 0.15) is 6.42 Å². The van der Waals surface area contributed by atoms with Gasteiger partial charge >= 0.3 is 0 Å². The fraction of sp³-hybridized carbons (Fsp3) is 1.00. The second kappa shape index (κ2) is 4.05. The molecule has 0 saturated heterocycles. The normalized spacial score (nSPS) is 14.1. The summed E-state index contributed by atoms with van der Waals surface area (Å²) in [6.45, 7) is 0.539.